The van der Waals surface area contributed by atoms with Gasteiger partial charge in [0.15, 0.2) is 12.1 Å². The molecule has 8 heteroatoms. The highest BCUT2D eigenvalue weighted by atomic mass is 16.8. The lowest BCUT2D eigenvalue weighted by Gasteiger charge is -2.26. The summed E-state index contributed by atoms with van der Waals surface area (Å²) in [5, 5.41) is 2.89. The van der Waals surface area contributed by atoms with Crippen LogP contribution in [0.5, 0.6) is 0 Å². The van der Waals surface area contributed by atoms with Gasteiger partial charge in [-0.25, -0.2) is 9.59 Å². The molecule has 2 heterocycles. The number of benzene rings is 3. The Balaban J connectivity index is 1.13. The fourth-order valence-electron chi connectivity index (χ4n) is 5.48. The monoisotopic (exact) mass is 515 g/mol. The van der Waals surface area contributed by atoms with Crippen LogP contribution in [0.15, 0.2) is 78.9 Å². The second-order valence-electron chi connectivity index (χ2n) is 10.1. The van der Waals surface area contributed by atoms with E-state index < -0.39 is 42.4 Å². The third-order valence-electron chi connectivity index (χ3n) is 7.17. The van der Waals surface area contributed by atoms with Crippen LogP contribution in [0.4, 0.5) is 4.79 Å². The Morgan fingerprint density at radius 1 is 0.816 bits per heavy atom. The molecule has 0 spiro atoms. The second kappa shape index (κ2) is 9.87. The van der Waals surface area contributed by atoms with Gasteiger partial charge in [-0.1, -0.05) is 66.7 Å². The van der Waals surface area contributed by atoms with E-state index in [9.17, 15) is 9.59 Å². The summed E-state index contributed by atoms with van der Waals surface area (Å²) in [4.78, 5) is 25.5. The molecule has 3 aromatic carbocycles. The van der Waals surface area contributed by atoms with E-state index in [2.05, 4.69) is 29.6 Å². The molecule has 38 heavy (non-hydrogen) atoms. The van der Waals surface area contributed by atoms with Crippen molar-refractivity contribution in [2.75, 3.05) is 13.2 Å². The van der Waals surface area contributed by atoms with Gasteiger partial charge in [0.2, 0.25) is 0 Å². The normalized spacial score (nSPS) is 24.8. The van der Waals surface area contributed by atoms with Gasteiger partial charge < -0.3 is 29.0 Å². The van der Waals surface area contributed by atoms with Crippen molar-refractivity contribution in [1.82, 2.24) is 5.32 Å². The number of rotatable bonds is 6. The molecule has 0 saturated carbocycles. The van der Waals surface area contributed by atoms with Crippen LogP contribution in [0.1, 0.15) is 41.3 Å². The van der Waals surface area contributed by atoms with Gasteiger partial charge in [0.25, 0.3) is 0 Å². The van der Waals surface area contributed by atoms with Crippen LogP contribution in [0.2, 0.25) is 0 Å². The highest BCUT2D eigenvalue weighted by Crippen LogP contribution is 2.44. The van der Waals surface area contributed by atoms with E-state index in [-0.39, 0.29) is 19.1 Å². The van der Waals surface area contributed by atoms with Crippen LogP contribution in [0.25, 0.3) is 11.1 Å². The van der Waals surface area contributed by atoms with Crippen molar-refractivity contribution in [1.29, 1.82) is 0 Å². The first-order chi connectivity index (χ1) is 18.4. The van der Waals surface area contributed by atoms with E-state index in [0.717, 1.165) is 22.3 Å². The Kier molecular flexibility index (Phi) is 6.39. The number of fused-ring (bicyclic) bond motifs is 4. The Morgan fingerprint density at radius 3 is 2.13 bits per heavy atom. The summed E-state index contributed by atoms with van der Waals surface area (Å²) in [6, 6.07) is 24.4. The molecule has 1 amide bonds. The summed E-state index contributed by atoms with van der Waals surface area (Å²) >= 11 is 0. The molecular weight excluding hydrogens is 486 g/mol. The summed E-state index contributed by atoms with van der Waals surface area (Å²) in [5.74, 6) is -1.41. The van der Waals surface area contributed by atoms with Gasteiger partial charge in [0.05, 0.1) is 11.6 Å². The SMILES string of the molecule is CC1(C)O[C@@H]2O[C@@H](COC(=O)c3ccccc3)[C@@H](NC(=O)OCC3c4ccccc4-c4ccccc43)[C@@H]2O1. The van der Waals surface area contributed by atoms with Crippen molar-refractivity contribution in [3.05, 3.63) is 95.6 Å². The minimum atomic E-state index is -0.873. The quantitative estimate of drug-likeness (QED) is 0.479. The lowest BCUT2D eigenvalue weighted by Crippen LogP contribution is -2.50. The molecule has 3 aliphatic rings. The zero-order chi connectivity index (χ0) is 26.3. The van der Waals surface area contributed by atoms with Crippen molar-refractivity contribution in [3.63, 3.8) is 0 Å². The molecule has 3 aromatic rings. The summed E-state index contributed by atoms with van der Waals surface area (Å²) in [6.07, 6.45) is -2.56. The molecule has 6 rings (SSSR count). The molecule has 0 aromatic heterocycles. The predicted molar refractivity (Wildman–Crippen MR) is 137 cm³/mol. The van der Waals surface area contributed by atoms with E-state index in [4.69, 9.17) is 23.7 Å². The molecule has 0 radical (unpaired) electrons. The van der Waals surface area contributed by atoms with Gasteiger partial charge in [-0.05, 0) is 48.2 Å². The van der Waals surface area contributed by atoms with Crippen LogP contribution in [-0.2, 0) is 23.7 Å². The summed E-state index contributed by atoms with van der Waals surface area (Å²) < 4.78 is 29.1. The van der Waals surface area contributed by atoms with Gasteiger partial charge in [0, 0.05) is 5.92 Å². The van der Waals surface area contributed by atoms with Crippen LogP contribution in [-0.4, -0.2) is 55.6 Å². The number of ether oxygens (including phenoxy) is 5. The Bertz CT molecular complexity index is 1300. The molecule has 196 valence electrons. The first-order valence-corrected chi connectivity index (χ1v) is 12.7. The number of amides is 1. The van der Waals surface area contributed by atoms with E-state index in [1.54, 1.807) is 38.1 Å². The zero-order valence-electron chi connectivity index (χ0n) is 21.2. The predicted octanol–water partition coefficient (Wildman–Crippen LogP) is 4.63. The fraction of sp³-hybridized carbons (Fsp3) is 0.333. The van der Waals surface area contributed by atoms with E-state index in [0.29, 0.717) is 5.56 Å². The van der Waals surface area contributed by atoms with Crippen molar-refractivity contribution in [2.45, 2.75) is 50.1 Å². The minimum absolute atomic E-state index is 0.0617. The van der Waals surface area contributed by atoms with Crippen molar-refractivity contribution in [3.8, 4) is 11.1 Å². The van der Waals surface area contributed by atoms with Crippen molar-refractivity contribution < 1.29 is 33.3 Å². The smallest absolute Gasteiger partial charge is 0.407 e. The van der Waals surface area contributed by atoms with Crippen molar-refractivity contribution in [2.24, 2.45) is 0 Å². The largest absolute Gasteiger partial charge is 0.459 e. The zero-order valence-corrected chi connectivity index (χ0v) is 21.2. The molecular formula is C30H29NO7. The third kappa shape index (κ3) is 4.67. The number of carbonyl (C=O) groups is 2. The lowest BCUT2D eigenvalue weighted by molar-refractivity contribution is -0.210. The number of esters is 1. The third-order valence-corrected chi connectivity index (χ3v) is 7.17. The topological polar surface area (TPSA) is 92.3 Å². The van der Waals surface area contributed by atoms with E-state index >= 15 is 0 Å². The number of nitrogens with one attached hydrogen (secondary N) is 1. The molecule has 1 N–H and O–H groups in total. The Morgan fingerprint density at radius 2 is 1.45 bits per heavy atom. The summed E-state index contributed by atoms with van der Waals surface area (Å²) in [6.45, 7) is 3.66. The lowest BCUT2D eigenvalue weighted by atomic mass is 9.98. The molecule has 2 aliphatic heterocycles. The maximum atomic E-state index is 13.0. The van der Waals surface area contributed by atoms with Gasteiger partial charge in [-0.15, -0.1) is 0 Å². The van der Waals surface area contributed by atoms with Gasteiger partial charge >= 0.3 is 12.1 Å². The number of carbonyl (C=O) groups excluding carboxylic acids is 2. The first kappa shape index (κ1) is 24.6. The Labute approximate surface area is 220 Å². The summed E-state index contributed by atoms with van der Waals surface area (Å²) in [7, 11) is 0. The molecule has 4 atom stereocenters. The Hall–Kier alpha value is -3.72. The summed E-state index contributed by atoms with van der Waals surface area (Å²) in [5.41, 5.74) is 5.00. The standard InChI is InChI=1S/C30H29NO7/c1-30(2)37-26-25(24(36-28(26)38-30)17-34-27(32)18-10-4-3-5-11-18)31-29(33)35-16-23-21-14-8-6-12-19(21)20-13-7-9-15-22(20)23/h3-15,23-26,28H,16-17H2,1-2H3,(H,31,33)/t24-,25+,26-,28-/m0/s1. The van der Waals surface area contributed by atoms with Gasteiger partial charge in [-0.3, -0.25) is 0 Å². The van der Waals surface area contributed by atoms with Crippen LogP contribution < -0.4 is 5.32 Å². The molecule has 8 nitrogen and oxygen atoms in total. The number of alkyl carbamates (subject to hydrolysis) is 1. The van der Waals surface area contributed by atoms with Crippen LogP contribution in [0.3, 0.4) is 0 Å². The maximum Gasteiger partial charge on any atom is 0.407 e. The van der Waals surface area contributed by atoms with Crippen LogP contribution in [0, 0.1) is 0 Å². The van der Waals surface area contributed by atoms with Crippen LogP contribution >= 0.6 is 0 Å². The van der Waals surface area contributed by atoms with Crippen molar-refractivity contribution >= 4 is 12.1 Å². The maximum absolute atomic E-state index is 13.0. The first-order valence-electron chi connectivity index (χ1n) is 12.7. The molecule has 2 saturated heterocycles. The number of hydrogen-bond donors (Lipinski definition) is 1. The molecule has 0 unspecified atom stereocenters. The highest BCUT2D eigenvalue weighted by molar-refractivity contribution is 5.89. The highest BCUT2D eigenvalue weighted by Gasteiger charge is 2.55. The fourth-order valence-corrected chi connectivity index (χ4v) is 5.48. The average molecular weight is 516 g/mol. The van der Waals surface area contributed by atoms with Gasteiger partial charge in [-0.2, -0.15) is 0 Å². The second-order valence-corrected chi connectivity index (χ2v) is 10.1. The number of hydrogen-bond acceptors (Lipinski definition) is 7. The average Bonchev–Trinajstić information content (AvgIpc) is 3.52. The van der Waals surface area contributed by atoms with Gasteiger partial charge in [0.1, 0.15) is 25.4 Å². The molecule has 0 bridgehead atoms. The molecule has 2 fully saturated rings. The molecule has 1 aliphatic carbocycles. The van der Waals surface area contributed by atoms with E-state index in [1.807, 2.05) is 30.3 Å². The van der Waals surface area contributed by atoms with E-state index in [1.165, 1.54) is 0 Å². The minimum Gasteiger partial charge on any atom is -0.459 e.